The Bertz CT molecular complexity index is 708. The number of aromatic nitrogens is 2. The van der Waals surface area contributed by atoms with Gasteiger partial charge >= 0.3 is 0 Å². The number of benzene rings is 1. The van der Waals surface area contributed by atoms with Gasteiger partial charge in [0, 0.05) is 12.6 Å². The van der Waals surface area contributed by atoms with Crippen LogP contribution in [0.15, 0.2) is 35.7 Å². The molecular formula is C13H10FN3S. The summed E-state index contributed by atoms with van der Waals surface area (Å²) in [5, 5.41) is 6.00. The summed E-state index contributed by atoms with van der Waals surface area (Å²) in [5.41, 5.74) is 0.682. The molecule has 0 aliphatic heterocycles. The summed E-state index contributed by atoms with van der Waals surface area (Å²) in [5.74, 6) is 1.02. The largest absolute Gasteiger partial charge is 0.372 e. The van der Waals surface area contributed by atoms with Crippen LogP contribution in [-0.2, 0) is 0 Å². The van der Waals surface area contributed by atoms with Gasteiger partial charge in [-0.1, -0.05) is 12.1 Å². The van der Waals surface area contributed by atoms with Gasteiger partial charge in [0.2, 0.25) is 0 Å². The molecule has 0 amide bonds. The minimum atomic E-state index is -0.284. The predicted molar refractivity (Wildman–Crippen MR) is 72.4 cm³/mol. The highest BCUT2D eigenvalue weighted by Gasteiger charge is 2.09. The van der Waals surface area contributed by atoms with E-state index >= 15 is 0 Å². The minimum absolute atomic E-state index is 0.284. The van der Waals surface area contributed by atoms with Crippen molar-refractivity contribution >= 4 is 27.4 Å². The van der Waals surface area contributed by atoms with Crippen LogP contribution in [0.25, 0.3) is 21.6 Å². The van der Waals surface area contributed by atoms with E-state index in [0.717, 1.165) is 16.0 Å². The summed E-state index contributed by atoms with van der Waals surface area (Å²) in [6, 6.07) is 8.28. The second-order valence-electron chi connectivity index (χ2n) is 3.80. The van der Waals surface area contributed by atoms with E-state index in [2.05, 4.69) is 15.3 Å². The second-order valence-corrected chi connectivity index (χ2v) is 4.69. The average Bonchev–Trinajstić information content (AvgIpc) is 2.85. The topological polar surface area (TPSA) is 37.8 Å². The molecule has 0 bridgehead atoms. The molecule has 0 spiro atoms. The van der Waals surface area contributed by atoms with E-state index in [0.29, 0.717) is 11.4 Å². The lowest BCUT2D eigenvalue weighted by Gasteiger charge is -2.05. The Morgan fingerprint density at radius 3 is 2.89 bits per heavy atom. The van der Waals surface area contributed by atoms with Gasteiger partial charge in [0.1, 0.15) is 16.5 Å². The molecule has 2 aromatic heterocycles. The lowest BCUT2D eigenvalue weighted by molar-refractivity contribution is 0.628. The Morgan fingerprint density at radius 1 is 1.22 bits per heavy atom. The van der Waals surface area contributed by atoms with Crippen molar-refractivity contribution in [1.29, 1.82) is 0 Å². The van der Waals surface area contributed by atoms with Gasteiger partial charge in [0.25, 0.3) is 0 Å². The smallest absolute Gasteiger partial charge is 0.163 e. The fraction of sp³-hybridized carbons (Fsp3) is 0.0769. The van der Waals surface area contributed by atoms with Gasteiger partial charge in [0.15, 0.2) is 5.82 Å². The molecule has 5 heteroatoms. The highest BCUT2D eigenvalue weighted by molar-refractivity contribution is 7.16. The maximum absolute atomic E-state index is 13.2. The number of fused-ring (bicyclic) bond motifs is 1. The number of thiophene rings is 1. The molecule has 0 aliphatic carbocycles. The van der Waals surface area contributed by atoms with Crippen molar-refractivity contribution in [2.24, 2.45) is 0 Å². The molecule has 18 heavy (non-hydrogen) atoms. The molecule has 90 valence electrons. The van der Waals surface area contributed by atoms with Crippen molar-refractivity contribution in [3.8, 4) is 11.4 Å². The van der Waals surface area contributed by atoms with Crippen LogP contribution in [0.2, 0.25) is 0 Å². The zero-order chi connectivity index (χ0) is 12.5. The Labute approximate surface area is 107 Å². The Morgan fingerprint density at radius 2 is 2.11 bits per heavy atom. The van der Waals surface area contributed by atoms with E-state index in [9.17, 15) is 4.39 Å². The van der Waals surface area contributed by atoms with Crippen molar-refractivity contribution in [2.45, 2.75) is 0 Å². The summed E-state index contributed by atoms with van der Waals surface area (Å²) in [4.78, 5) is 9.77. The molecule has 0 saturated carbocycles. The van der Waals surface area contributed by atoms with Crippen molar-refractivity contribution < 1.29 is 4.39 Å². The van der Waals surface area contributed by atoms with Crippen molar-refractivity contribution in [2.75, 3.05) is 12.4 Å². The molecule has 0 unspecified atom stereocenters. The van der Waals surface area contributed by atoms with Crippen LogP contribution in [0.5, 0.6) is 0 Å². The van der Waals surface area contributed by atoms with Gasteiger partial charge in [0.05, 0.1) is 5.39 Å². The number of hydrogen-bond donors (Lipinski definition) is 1. The quantitative estimate of drug-likeness (QED) is 0.765. The summed E-state index contributed by atoms with van der Waals surface area (Å²) >= 11 is 1.55. The molecule has 0 atom stereocenters. The molecule has 3 aromatic rings. The van der Waals surface area contributed by atoms with E-state index in [1.165, 1.54) is 12.1 Å². The number of hydrogen-bond acceptors (Lipinski definition) is 4. The SMILES string of the molecule is CNc1nc(-c2cccc(F)c2)nc2sccc12. The van der Waals surface area contributed by atoms with E-state index in [1.807, 2.05) is 18.5 Å². The second kappa shape index (κ2) is 4.34. The van der Waals surface area contributed by atoms with Crippen LogP contribution >= 0.6 is 11.3 Å². The number of halogens is 1. The van der Waals surface area contributed by atoms with Crippen LogP contribution in [0.1, 0.15) is 0 Å². The maximum atomic E-state index is 13.2. The van der Waals surface area contributed by atoms with Crippen molar-refractivity contribution in [1.82, 2.24) is 9.97 Å². The Kier molecular flexibility index (Phi) is 2.68. The first-order valence-corrected chi connectivity index (χ1v) is 6.35. The van der Waals surface area contributed by atoms with Crippen LogP contribution in [0, 0.1) is 5.82 Å². The Balaban J connectivity index is 2.23. The molecule has 0 fully saturated rings. The van der Waals surface area contributed by atoms with Gasteiger partial charge in [-0.25, -0.2) is 14.4 Å². The third-order valence-electron chi connectivity index (χ3n) is 2.64. The normalized spacial score (nSPS) is 10.8. The first-order chi connectivity index (χ1) is 8.78. The van der Waals surface area contributed by atoms with Gasteiger partial charge in [-0.3, -0.25) is 0 Å². The third kappa shape index (κ3) is 1.82. The van der Waals surface area contributed by atoms with Gasteiger partial charge in [-0.2, -0.15) is 0 Å². The maximum Gasteiger partial charge on any atom is 0.163 e. The van der Waals surface area contributed by atoms with Crippen LogP contribution in [-0.4, -0.2) is 17.0 Å². The fourth-order valence-electron chi connectivity index (χ4n) is 1.80. The van der Waals surface area contributed by atoms with Crippen molar-refractivity contribution in [3.63, 3.8) is 0 Å². The number of nitrogens with one attached hydrogen (secondary N) is 1. The molecule has 1 aromatic carbocycles. The average molecular weight is 259 g/mol. The molecule has 1 N–H and O–H groups in total. The summed E-state index contributed by atoms with van der Waals surface area (Å²) in [6.07, 6.45) is 0. The standard InChI is InChI=1S/C13H10FN3S/c1-15-12-10-5-6-18-13(10)17-11(16-12)8-3-2-4-9(14)7-8/h2-7H,1H3,(H,15,16,17). The predicted octanol–water partition coefficient (Wildman–Crippen LogP) is 3.54. The molecular weight excluding hydrogens is 249 g/mol. The highest BCUT2D eigenvalue weighted by atomic mass is 32.1. The summed E-state index contributed by atoms with van der Waals surface area (Å²) in [6.45, 7) is 0. The fourth-order valence-corrected chi connectivity index (χ4v) is 2.57. The molecule has 0 radical (unpaired) electrons. The zero-order valence-electron chi connectivity index (χ0n) is 9.64. The van der Waals surface area contributed by atoms with E-state index < -0.39 is 0 Å². The minimum Gasteiger partial charge on any atom is -0.372 e. The highest BCUT2D eigenvalue weighted by Crippen LogP contribution is 2.28. The van der Waals surface area contributed by atoms with Crippen LogP contribution in [0.3, 0.4) is 0 Å². The van der Waals surface area contributed by atoms with Gasteiger partial charge in [-0.15, -0.1) is 11.3 Å². The summed E-state index contributed by atoms with van der Waals surface area (Å²) in [7, 11) is 1.81. The number of rotatable bonds is 2. The molecule has 0 saturated heterocycles. The van der Waals surface area contributed by atoms with Crippen molar-refractivity contribution in [3.05, 3.63) is 41.5 Å². The molecule has 0 aliphatic rings. The molecule has 2 heterocycles. The van der Waals surface area contributed by atoms with Crippen LogP contribution in [0.4, 0.5) is 10.2 Å². The molecule has 3 rings (SSSR count). The first-order valence-electron chi connectivity index (χ1n) is 5.47. The van der Waals surface area contributed by atoms with Gasteiger partial charge < -0.3 is 5.32 Å². The zero-order valence-corrected chi connectivity index (χ0v) is 10.5. The first kappa shape index (κ1) is 11.1. The summed E-state index contributed by atoms with van der Waals surface area (Å²) < 4.78 is 13.2. The van der Waals surface area contributed by atoms with Crippen LogP contribution < -0.4 is 5.32 Å². The Hall–Kier alpha value is -2.01. The lowest BCUT2D eigenvalue weighted by Crippen LogP contribution is -1.97. The van der Waals surface area contributed by atoms with Gasteiger partial charge in [-0.05, 0) is 23.6 Å². The number of nitrogens with zero attached hydrogens (tertiary/aromatic N) is 2. The lowest BCUT2D eigenvalue weighted by atomic mass is 10.2. The van der Waals surface area contributed by atoms with E-state index in [-0.39, 0.29) is 5.82 Å². The van der Waals surface area contributed by atoms with E-state index in [1.54, 1.807) is 23.5 Å². The number of anilines is 1. The molecule has 3 nitrogen and oxygen atoms in total. The monoisotopic (exact) mass is 259 g/mol. The van der Waals surface area contributed by atoms with E-state index in [4.69, 9.17) is 0 Å². The third-order valence-corrected chi connectivity index (χ3v) is 3.45.